The number of anilines is 1. The summed E-state index contributed by atoms with van der Waals surface area (Å²) in [6.07, 6.45) is 0.206. The second-order valence-electron chi connectivity index (χ2n) is 10.3. The Morgan fingerprint density at radius 1 is 1.05 bits per heavy atom. The van der Waals surface area contributed by atoms with E-state index in [1.807, 2.05) is 79.7 Å². The van der Waals surface area contributed by atoms with Crippen LogP contribution in [0.1, 0.15) is 42.4 Å². The molecule has 3 atom stereocenters. The van der Waals surface area contributed by atoms with Gasteiger partial charge >= 0.3 is 6.09 Å². The van der Waals surface area contributed by atoms with Crippen molar-refractivity contribution in [2.45, 2.75) is 31.3 Å². The monoisotopic (exact) mass is 525 g/mol. The maximum atomic E-state index is 15.0. The first-order valence-electron chi connectivity index (χ1n) is 12.9. The molecule has 0 radical (unpaired) electrons. The number of nitriles is 1. The number of rotatable bonds is 6. The van der Waals surface area contributed by atoms with Crippen molar-refractivity contribution in [3.8, 4) is 6.07 Å². The van der Waals surface area contributed by atoms with Crippen molar-refractivity contribution in [3.05, 3.63) is 113 Å². The Balaban J connectivity index is 1.53. The van der Waals surface area contributed by atoms with Crippen LogP contribution >= 0.6 is 0 Å². The number of fused-ring (bicyclic) bond motifs is 1. The molecule has 4 aromatic carbocycles. The third-order valence-electron chi connectivity index (χ3n) is 7.78. The van der Waals surface area contributed by atoms with E-state index in [1.165, 1.54) is 0 Å². The summed E-state index contributed by atoms with van der Waals surface area (Å²) in [7, 11) is 0. The predicted molar refractivity (Wildman–Crippen MR) is 147 cm³/mol. The number of carbonyl (C=O) groups is 1. The van der Waals surface area contributed by atoms with Gasteiger partial charge in [0.25, 0.3) is 0 Å². The van der Waals surface area contributed by atoms with Crippen molar-refractivity contribution in [3.63, 3.8) is 0 Å². The van der Waals surface area contributed by atoms with Crippen molar-refractivity contribution in [2.24, 2.45) is 11.7 Å². The first-order valence-corrected chi connectivity index (χ1v) is 12.9. The van der Waals surface area contributed by atoms with Crippen LogP contribution < -0.4 is 10.6 Å². The molecule has 5 rings (SSSR count). The van der Waals surface area contributed by atoms with Gasteiger partial charge in [0.15, 0.2) is 11.6 Å². The highest BCUT2D eigenvalue weighted by Crippen LogP contribution is 2.45. The van der Waals surface area contributed by atoms with Gasteiger partial charge in [-0.1, -0.05) is 72.8 Å². The molecule has 1 amide bonds. The van der Waals surface area contributed by atoms with Crippen LogP contribution in [0.4, 0.5) is 19.3 Å². The number of piperidine rings is 1. The lowest BCUT2D eigenvalue weighted by Crippen LogP contribution is -2.43. The van der Waals surface area contributed by atoms with Gasteiger partial charge in [-0.05, 0) is 54.2 Å². The summed E-state index contributed by atoms with van der Waals surface area (Å²) in [5, 5.41) is 11.1. The van der Waals surface area contributed by atoms with E-state index >= 15 is 0 Å². The number of hydrogen-bond acceptors (Lipinski definition) is 4. The normalized spacial score (nSPS) is 18.8. The molecule has 1 fully saturated rings. The fourth-order valence-electron chi connectivity index (χ4n) is 6.07. The Kier molecular flexibility index (Phi) is 7.21. The molecule has 0 spiro atoms. The van der Waals surface area contributed by atoms with Gasteiger partial charge in [0.05, 0.1) is 11.6 Å². The standard InChI is InChI=1S/C32H29F2N3O2/c1-32(39-31(36)38,27-13-7-11-22-10-5-6-12-25(22)27)18-24-14-15-37(20-26(24)23-8-3-2-4-9-23)30-28(33)16-21(19-35)17-29(30)34/h2-13,16-17,24,26H,14-15,18,20H2,1H3,(H2,36,38)/t24?,26?,32-/m1/s1. The first kappa shape index (κ1) is 26.2. The lowest BCUT2D eigenvalue weighted by atomic mass is 9.73. The Labute approximate surface area is 226 Å². The van der Waals surface area contributed by atoms with E-state index in [0.29, 0.717) is 25.9 Å². The molecule has 1 aliphatic heterocycles. The van der Waals surface area contributed by atoms with Crippen LogP contribution in [0.5, 0.6) is 0 Å². The van der Waals surface area contributed by atoms with Gasteiger partial charge in [-0.15, -0.1) is 0 Å². The third kappa shape index (κ3) is 5.28. The van der Waals surface area contributed by atoms with Crippen LogP contribution in [0.2, 0.25) is 0 Å². The summed E-state index contributed by atoms with van der Waals surface area (Å²) in [5.74, 6) is -1.61. The van der Waals surface area contributed by atoms with E-state index < -0.39 is 23.3 Å². The lowest BCUT2D eigenvalue weighted by Gasteiger charge is -2.43. The van der Waals surface area contributed by atoms with Gasteiger partial charge in [0.2, 0.25) is 0 Å². The molecule has 4 aromatic rings. The molecular weight excluding hydrogens is 496 g/mol. The molecular formula is C32H29F2N3O2. The number of amides is 1. The van der Waals surface area contributed by atoms with Gasteiger partial charge in [-0.3, -0.25) is 0 Å². The second-order valence-corrected chi connectivity index (χ2v) is 10.3. The van der Waals surface area contributed by atoms with E-state index in [2.05, 4.69) is 0 Å². The first-order chi connectivity index (χ1) is 18.8. The number of benzene rings is 4. The van der Waals surface area contributed by atoms with Crippen molar-refractivity contribution < 1.29 is 18.3 Å². The molecule has 2 unspecified atom stereocenters. The number of nitrogens with zero attached hydrogens (tertiary/aromatic N) is 2. The van der Waals surface area contributed by atoms with Crippen molar-refractivity contribution in [1.82, 2.24) is 0 Å². The van der Waals surface area contributed by atoms with E-state index in [-0.39, 0.29) is 23.1 Å². The number of primary amides is 1. The highest BCUT2D eigenvalue weighted by molar-refractivity contribution is 5.86. The molecule has 1 aliphatic rings. The lowest BCUT2D eigenvalue weighted by molar-refractivity contribution is 0.00372. The van der Waals surface area contributed by atoms with Crippen molar-refractivity contribution >= 4 is 22.6 Å². The average molecular weight is 526 g/mol. The maximum Gasteiger partial charge on any atom is 0.405 e. The molecule has 0 bridgehead atoms. The van der Waals surface area contributed by atoms with Crippen LogP contribution in [-0.2, 0) is 10.3 Å². The summed E-state index contributed by atoms with van der Waals surface area (Å²) < 4.78 is 35.8. The largest absolute Gasteiger partial charge is 0.438 e. The van der Waals surface area contributed by atoms with Gasteiger partial charge in [0.1, 0.15) is 11.3 Å². The van der Waals surface area contributed by atoms with E-state index in [1.54, 1.807) is 11.0 Å². The number of hydrogen-bond donors (Lipinski definition) is 1. The van der Waals surface area contributed by atoms with Gasteiger partial charge < -0.3 is 15.4 Å². The third-order valence-corrected chi connectivity index (χ3v) is 7.78. The molecule has 0 saturated carbocycles. The summed E-state index contributed by atoms with van der Waals surface area (Å²) in [5.41, 5.74) is 6.26. The number of halogens is 2. The van der Waals surface area contributed by atoms with Crippen LogP contribution in [0, 0.1) is 28.9 Å². The quantitative estimate of drug-likeness (QED) is 0.294. The summed E-state index contributed by atoms with van der Waals surface area (Å²) in [4.78, 5) is 13.9. The van der Waals surface area contributed by atoms with Gasteiger partial charge in [-0.2, -0.15) is 5.26 Å². The smallest absolute Gasteiger partial charge is 0.405 e. The summed E-state index contributed by atoms with van der Waals surface area (Å²) in [6.45, 7) is 2.64. The minimum Gasteiger partial charge on any atom is -0.438 e. The fourth-order valence-corrected chi connectivity index (χ4v) is 6.07. The summed E-state index contributed by atoms with van der Waals surface area (Å²) >= 11 is 0. The van der Waals surface area contributed by atoms with E-state index in [0.717, 1.165) is 34.0 Å². The highest BCUT2D eigenvalue weighted by atomic mass is 19.1. The zero-order valence-corrected chi connectivity index (χ0v) is 21.6. The summed E-state index contributed by atoms with van der Waals surface area (Å²) in [6, 6.07) is 27.6. The molecule has 5 nitrogen and oxygen atoms in total. The predicted octanol–water partition coefficient (Wildman–Crippen LogP) is 7.00. The fraction of sp³-hybridized carbons (Fsp3) is 0.250. The Bertz CT molecular complexity index is 1520. The minimum absolute atomic E-state index is 0.0106. The minimum atomic E-state index is -1.03. The molecule has 1 saturated heterocycles. The maximum absolute atomic E-state index is 15.0. The molecule has 2 N–H and O–H groups in total. The van der Waals surface area contributed by atoms with Crippen molar-refractivity contribution in [1.29, 1.82) is 5.26 Å². The Morgan fingerprint density at radius 3 is 2.41 bits per heavy atom. The molecule has 0 aliphatic carbocycles. The average Bonchev–Trinajstić information content (AvgIpc) is 2.93. The van der Waals surface area contributed by atoms with Crippen LogP contribution in [0.25, 0.3) is 10.8 Å². The van der Waals surface area contributed by atoms with E-state index in [9.17, 15) is 13.6 Å². The molecule has 7 heteroatoms. The van der Waals surface area contributed by atoms with Crippen LogP contribution in [0.3, 0.4) is 0 Å². The number of carbonyl (C=O) groups excluding carboxylic acids is 1. The second kappa shape index (κ2) is 10.7. The Hall–Kier alpha value is -4.44. The zero-order valence-electron chi connectivity index (χ0n) is 21.6. The van der Waals surface area contributed by atoms with E-state index in [4.69, 9.17) is 15.7 Å². The van der Waals surface area contributed by atoms with Crippen LogP contribution in [-0.4, -0.2) is 19.2 Å². The topological polar surface area (TPSA) is 79.3 Å². The van der Waals surface area contributed by atoms with Gasteiger partial charge in [0, 0.05) is 24.6 Å². The SMILES string of the molecule is C[C@](CC1CCN(c2c(F)cc(C#N)cc2F)CC1c1ccccc1)(OC(N)=O)c1cccc2ccccc12. The molecule has 0 aromatic heterocycles. The zero-order chi connectivity index (χ0) is 27.6. The number of ether oxygens (including phenoxy) is 1. The number of nitrogens with two attached hydrogens (primary N) is 1. The van der Waals surface area contributed by atoms with Gasteiger partial charge in [-0.25, -0.2) is 13.6 Å². The highest BCUT2D eigenvalue weighted by Gasteiger charge is 2.41. The Morgan fingerprint density at radius 2 is 1.72 bits per heavy atom. The van der Waals surface area contributed by atoms with Crippen molar-refractivity contribution in [2.75, 3.05) is 18.0 Å². The molecule has 198 valence electrons. The molecule has 39 heavy (non-hydrogen) atoms. The molecule has 1 heterocycles. The van der Waals surface area contributed by atoms with Crippen LogP contribution in [0.15, 0.2) is 84.9 Å².